The molecule has 8 heteroatoms. The number of nitrogens with one attached hydrogen (secondary N) is 3. The molecule has 0 aliphatic carbocycles. The Morgan fingerprint density at radius 2 is 2.23 bits per heavy atom. The second-order valence-corrected chi connectivity index (χ2v) is 6.12. The van der Waals surface area contributed by atoms with Gasteiger partial charge in [0.25, 0.3) is 11.5 Å². The first-order valence-corrected chi connectivity index (χ1v) is 7.51. The summed E-state index contributed by atoms with van der Waals surface area (Å²) in [6.07, 6.45) is 3.83. The summed E-state index contributed by atoms with van der Waals surface area (Å²) in [7, 11) is 0. The third-order valence-corrected chi connectivity index (χ3v) is 4.92. The van der Waals surface area contributed by atoms with Crippen LogP contribution in [0.1, 0.15) is 29.6 Å². The van der Waals surface area contributed by atoms with Gasteiger partial charge >= 0.3 is 5.69 Å². The van der Waals surface area contributed by atoms with E-state index in [1.54, 1.807) is 4.90 Å². The van der Waals surface area contributed by atoms with Crippen LogP contribution in [0, 0.1) is 5.41 Å². The highest BCUT2D eigenvalue weighted by Gasteiger charge is 2.45. The summed E-state index contributed by atoms with van der Waals surface area (Å²) in [6, 6.07) is 0.0331. The van der Waals surface area contributed by atoms with Crippen LogP contribution in [0.15, 0.2) is 15.8 Å². The number of H-pyrrole nitrogens is 2. The van der Waals surface area contributed by atoms with Crippen LogP contribution in [0.3, 0.4) is 0 Å². The van der Waals surface area contributed by atoms with Gasteiger partial charge in [0.1, 0.15) is 5.56 Å². The summed E-state index contributed by atoms with van der Waals surface area (Å²) in [6.45, 7) is 1.92. The average Bonchev–Trinajstić information content (AvgIpc) is 2.53. The molecule has 0 saturated carbocycles. The Morgan fingerprint density at radius 3 is 2.95 bits per heavy atom. The zero-order valence-electron chi connectivity index (χ0n) is 12.2. The zero-order chi connectivity index (χ0) is 15.7. The molecule has 3 rings (SSSR count). The van der Waals surface area contributed by atoms with Crippen molar-refractivity contribution in [3.63, 3.8) is 0 Å². The molecule has 0 aromatic carbocycles. The van der Waals surface area contributed by atoms with Crippen LogP contribution < -0.4 is 16.6 Å². The fourth-order valence-electron chi connectivity index (χ4n) is 3.53. The number of aromatic amines is 2. The fourth-order valence-corrected chi connectivity index (χ4v) is 3.53. The molecule has 22 heavy (non-hydrogen) atoms. The van der Waals surface area contributed by atoms with Gasteiger partial charge in [0.2, 0.25) is 0 Å². The minimum absolute atomic E-state index is 0.0331. The summed E-state index contributed by atoms with van der Waals surface area (Å²) >= 11 is 0. The van der Waals surface area contributed by atoms with Crippen molar-refractivity contribution in [2.45, 2.75) is 25.3 Å². The smallest absolute Gasteiger partial charge is 0.325 e. The second kappa shape index (κ2) is 5.69. The van der Waals surface area contributed by atoms with Crippen LogP contribution in [0.4, 0.5) is 0 Å². The molecule has 2 aliphatic heterocycles. The van der Waals surface area contributed by atoms with E-state index in [4.69, 9.17) is 0 Å². The Hall–Kier alpha value is -1.93. The van der Waals surface area contributed by atoms with Gasteiger partial charge in [0.05, 0.1) is 6.61 Å². The molecular formula is C14H20N4O4. The summed E-state index contributed by atoms with van der Waals surface area (Å²) in [4.78, 5) is 41.3. The van der Waals surface area contributed by atoms with Gasteiger partial charge in [-0.05, 0) is 25.8 Å². The van der Waals surface area contributed by atoms with Crippen LogP contribution >= 0.6 is 0 Å². The Labute approximate surface area is 126 Å². The highest BCUT2D eigenvalue weighted by molar-refractivity contribution is 5.93. The molecule has 2 aliphatic rings. The zero-order valence-corrected chi connectivity index (χ0v) is 12.2. The maximum Gasteiger partial charge on any atom is 0.325 e. The van der Waals surface area contributed by atoms with E-state index in [1.165, 1.54) is 0 Å². The largest absolute Gasteiger partial charge is 0.396 e. The number of hydrogen-bond donors (Lipinski definition) is 4. The summed E-state index contributed by atoms with van der Waals surface area (Å²) < 4.78 is 0. The predicted octanol–water partition coefficient (Wildman–Crippen LogP) is -1.36. The van der Waals surface area contributed by atoms with E-state index in [9.17, 15) is 19.5 Å². The molecule has 0 bridgehead atoms. The summed E-state index contributed by atoms with van der Waals surface area (Å²) in [5.41, 5.74) is -1.54. The van der Waals surface area contributed by atoms with E-state index in [1.807, 2.05) is 0 Å². The van der Waals surface area contributed by atoms with E-state index < -0.39 is 17.2 Å². The van der Waals surface area contributed by atoms with Crippen molar-refractivity contribution < 1.29 is 9.90 Å². The molecule has 0 unspecified atom stereocenters. The lowest BCUT2D eigenvalue weighted by Crippen LogP contribution is -2.62. The highest BCUT2D eigenvalue weighted by atomic mass is 16.3. The molecule has 8 nitrogen and oxygen atoms in total. The molecule has 2 atom stereocenters. The van der Waals surface area contributed by atoms with Crippen molar-refractivity contribution >= 4 is 5.91 Å². The van der Waals surface area contributed by atoms with Crippen LogP contribution in [0.5, 0.6) is 0 Å². The number of piperidine rings is 2. The molecule has 1 amide bonds. The molecule has 0 radical (unpaired) electrons. The molecule has 3 heterocycles. The maximum atomic E-state index is 12.5. The number of likely N-dealkylation sites (tertiary alicyclic amines) is 1. The van der Waals surface area contributed by atoms with E-state index >= 15 is 0 Å². The van der Waals surface area contributed by atoms with E-state index in [0.717, 1.165) is 25.6 Å². The van der Waals surface area contributed by atoms with Crippen molar-refractivity contribution in [2.75, 3.05) is 26.2 Å². The molecule has 0 spiro atoms. The van der Waals surface area contributed by atoms with Crippen molar-refractivity contribution in [1.29, 1.82) is 0 Å². The number of aliphatic hydroxyl groups excluding tert-OH is 1. The molecule has 1 aromatic rings. The van der Waals surface area contributed by atoms with Crippen LogP contribution in [-0.2, 0) is 0 Å². The Morgan fingerprint density at radius 1 is 1.41 bits per heavy atom. The number of amides is 1. The monoisotopic (exact) mass is 308 g/mol. The number of nitrogens with zero attached hydrogens (tertiary/aromatic N) is 1. The number of fused-ring (bicyclic) bond motifs is 1. The lowest BCUT2D eigenvalue weighted by Gasteiger charge is -2.50. The van der Waals surface area contributed by atoms with E-state index in [2.05, 4.69) is 15.3 Å². The molecule has 2 fully saturated rings. The van der Waals surface area contributed by atoms with E-state index in [-0.39, 0.29) is 23.6 Å². The normalized spacial score (nSPS) is 28.2. The lowest BCUT2D eigenvalue weighted by molar-refractivity contribution is -0.00889. The van der Waals surface area contributed by atoms with Gasteiger partial charge in [-0.15, -0.1) is 0 Å². The van der Waals surface area contributed by atoms with Gasteiger partial charge in [0.15, 0.2) is 0 Å². The SMILES string of the molecule is O=C(c1c[nH]c(=O)[nH]c1=O)N1CC[C@@]2(CO)CCCN[C@@H]2C1. The minimum Gasteiger partial charge on any atom is -0.396 e. The van der Waals surface area contributed by atoms with Gasteiger partial charge in [-0.2, -0.15) is 0 Å². The Balaban J connectivity index is 1.81. The number of rotatable bonds is 2. The molecule has 1 aromatic heterocycles. The number of aromatic nitrogens is 2. The molecule has 4 N–H and O–H groups in total. The van der Waals surface area contributed by atoms with E-state index in [0.29, 0.717) is 19.5 Å². The van der Waals surface area contributed by atoms with Crippen molar-refractivity contribution in [3.8, 4) is 0 Å². The van der Waals surface area contributed by atoms with Crippen molar-refractivity contribution in [2.24, 2.45) is 5.41 Å². The van der Waals surface area contributed by atoms with Gasteiger partial charge in [-0.3, -0.25) is 14.6 Å². The quantitative estimate of drug-likeness (QED) is 0.538. The van der Waals surface area contributed by atoms with Crippen molar-refractivity contribution in [1.82, 2.24) is 20.2 Å². The highest BCUT2D eigenvalue weighted by Crippen LogP contribution is 2.38. The maximum absolute atomic E-state index is 12.5. The average molecular weight is 308 g/mol. The number of carbonyl (C=O) groups is 1. The minimum atomic E-state index is -0.677. The lowest BCUT2D eigenvalue weighted by atomic mass is 9.70. The Kier molecular flexibility index (Phi) is 3.88. The van der Waals surface area contributed by atoms with Crippen LogP contribution in [0.25, 0.3) is 0 Å². The van der Waals surface area contributed by atoms with Crippen LogP contribution in [-0.4, -0.2) is 58.2 Å². The van der Waals surface area contributed by atoms with Crippen molar-refractivity contribution in [3.05, 3.63) is 32.6 Å². The fraction of sp³-hybridized carbons (Fsp3) is 0.643. The van der Waals surface area contributed by atoms with Crippen LogP contribution in [0.2, 0.25) is 0 Å². The predicted molar refractivity (Wildman–Crippen MR) is 78.7 cm³/mol. The number of carbonyl (C=O) groups excluding carboxylic acids is 1. The summed E-state index contributed by atoms with van der Waals surface area (Å²) in [5.74, 6) is -0.392. The third-order valence-electron chi connectivity index (χ3n) is 4.92. The molecule has 2 saturated heterocycles. The third kappa shape index (κ3) is 2.48. The first-order valence-electron chi connectivity index (χ1n) is 7.51. The Bertz CT molecular complexity index is 682. The topological polar surface area (TPSA) is 118 Å². The molecular weight excluding hydrogens is 288 g/mol. The molecule has 120 valence electrons. The van der Waals surface area contributed by atoms with Gasteiger partial charge in [0, 0.05) is 30.7 Å². The van der Waals surface area contributed by atoms with Gasteiger partial charge in [-0.25, -0.2) is 4.79 Å². The summed E-state index contributed by atoms with van der Waals surface area (Å²) in [5, 5.41) is 13.1. The van der Waals surface area contributed by atoms with Gasteiger partial charge < -0.3 is 20.3 Å². The standard InChI is InChI=1S/C14H20N4O4/c19-8-14-2-1-4-15-10(14)7-18(5-3-14)12(21)9-6-16-13(22)17-11(9)20/h6,10,15,19H,1-5,7-8H2,(H2,16,17,20,22)/t10-,14-/m1/s1. The first-order chi connectivity index (χ1) is 10.6. The number of hydrogen-bond acceptors (Lipinski definition) is 5. The number of aliphatic hydroxyl groups is 1. The second-order valence-electron chi connectivity index (χ2n) is 6.12. The van der Waals surface area contributed by atoms with Gasteiger partial charge in [-0.1, -0.05) is 0 Å². The first kappa shape index (κ1) is 15.0.